The van der Waals surface area contributed by atoms with Gasteiger partial charge in [0, 0.05) is 30.4 Å². The maximum Gasteiger partial charge on any atom is 0.254 e. The molecule has 1 unspecified atom stereocenters. The molecule has 28 heavy (non-hydrogen) atoms. The van der Waals surface area contributed by atoms with Crippen LogP contribution < -0.4 is 5.32 Å². The van der Waals surface area contributed by atoms with Crippen LogP contribution in [0.3, 0.4) is 0 Å². The second-order valence-electron chi connectivity index (χ2n) is 7.39. The van der Waals surface area contributed by atoms with Crippen molar-refractivity contribution in [3.8, 4) is 0 Å². The van der Waals surface area contributed by atoms with Crippen molar-refractivity contribution in [3.63, 3.8) is 0 Å². The van der Waals surface area contributed by atoms with Crippen LogP contribution in [-0.4, -0.2) is 29.9 Å². The fourth-order valence-electron chi connectivity index (χ4n) is 3.87. The molecule has 1 atom stereocenters. The topological polar surface area (TPSA) is 32.3 Å². The molecule has 3 aromatic rings. The van der Waals surface area contributed by atoms with Crippen molar-refractivity contribution < 1.29 is 4.79 Å². The standard InChI is InChI=1S/C25H26N2O/c28-25(27-18-17-23(19-27)26-22-12-5-2-6-13-22)24-14-8-7-11-21(24)16-15-20-9-3-1-4-10-20/h1-14,23,26H,15-19H2. The highest BCUT2D eigenvalue weighted by atomic mass is 16.2. The number of hydrogen-bond acceptors (Lipinski definition) is 2. The predicted octanol–water partition coefficient (Wildman–Crippen LogP) is 4.80. The van der Waals surface area contributed by atoms with Gasteiger partial charge >= 0.3 is 0 Å². The van der Waals surface area contributed by atoms with E-state index in [0.29, 0.717) is 6.04 Å². The number of amides is 1. The summed E-state index contributed by atoms with van der Waals surface area (Å²) in [6, 6.07) is 29.0. The van der Waals surface area contributed by atoms with Gasteiger partial charge < -0.3 is 10.2 Å². The van der Waals surface area contributed by atoms with Gasteiger partial charge in [-0.05, 0) is 48.6 Å². The maximum atomic E-state index is 13.2. The molecule has 1 heterocycles. The number of para-hydroxylation sites is 1. The van der Waals surface area contributed by atoms with Crippen LogP contribution in [-0.2, 0) is 12.8 Å². The van der Waals surface area contributed by atoms with Crippen LogP contribution >= 0.6 is 0 Å². The third-order valence-corrected chi connectivity index (χ3v) is 5.39. The first-order chi connectivity index (χ1) is 13.8. The molecule has 142 valence electrons. The Bertz CT molecular complexity index is 908. The zero-order valence-corrected chi connectivity index (χ0v) is 16.1. The molecular weight excluding hydrogens is 344 g/mol. The Hall–Kier alpha value is -3.07. The third-order valence-electron chi connectivity index (χ3n) is 5.39. The van der Waals surface area contributed by atoms with E-state index < -0.39 is 0 Å². The average molecular weight is 370 g/mol. The normalized spacial score (nSPS) is 16.1. The van der Waals surface area contributed by atoms with Crippen LogP contribution in [0.4, 0.5) is 5.69 Å². The van der Waals surface area contributed by atoms with Gasteiger partial charge in [-0.3, -0.25) is 4.79 Å². The molecule has 1 aliphatic rings. The van der Waals surface area contributed by atoms with E-state index in [-0.39, 0.29) is 5.91 Å². The van der Waals surface area contributed by atoms with Crippen molar-refractivity contribution in [1.29, 1.82) is 0 Å². The number of aryl methyl sites for hydroxylation is 2. The number of rotatable bonds is 6. The highest BCUT2D eigenvalue weighted by molar-refractivity contribution is 5.96. The van der Waals surface area contributed by atoms with E-state index in [4.69, 9.17) is 0 Å². The summed E-state index contributed by atoms with van der Waals surface area (Å²) in [7, 11) is 0. The Morgan fingerprint density at radius 1 is 0.857 bits per heavy atom. The van der Waals surface area contributed by atoms with Crippen LogP contribution in [0.2, 0.25) is 0 Å². The Labute approximate surface area is 167 Å². The highest BCUT2D eigenvalue weighted by Gasteiger charge is 2.27. The van der Waals surface area contributed by atoms with Gasteiger partial charge in [0.2, 0.25) is 0 Å². The third kappa shape index (κ3) is 4.42. The summed E-state index contributed by atoms with van der Waals surface area (Å²) in [5, 5.41) is 3.54. The molecule has 0 radical (unpaired) electrons. The Morgan fingerprint density at radius 3 is 2.32 bits per heavy atom. The van der Waals surface area contributed by atoms with Crippen molar-refractivity contribution in [2.24, 2.45) is 0 Å². The van der Waals surface area contributed by atoms with Crippen molar-refractivity contribution in [2.75, 3.05) is 18.4 Å². The summed E-state index contributed by atoms with van der Waals surface area (Å²) in [5.74, 6) is 0.154. The minimum Gasteiger partial charge on any atom is -0.380 e. The lowest BCUT2D eigenvalue weighted by atomic mass is 9.99. The number of likely N-dealkylation sites (tertiary alicyclic amines) is 1. The number of hydrogen-bond donors (Lipinski definition) is 1. The molecule has 0 spiro atoms. The van der Waals surface area contributed by atoms with Gasteiger partial charge in [-0.2, -0.15) is 0 Å². The van der Waals surface area contributed by atoms with Crippen LogP contribution in [0.15, 0.2) is 84.9 Å². The highest BCUT2D eigenvalue weighted by Crippen LogP contribution is 2.20. The van der Waals surface area contributed by atoms with E-state index in [1.807, 2.05) is 47.4 Å². The molecule has 1 amide bonds. The molecule has 1 fully saturated rings. The molecule has 1 aliphatic heterocycles. The van der Waals surface area contributed by atoms with Gasteiger partial charge in [-0.25, -0.2) is 0 Å². The summed E-state index contributed by atoms with van der Waals surface area (Å²) in [5.41, 5.74) is 4.40. The van der Waals surface area contributed by atoms with Crippen molar-refractivity contribution in [2.45, 2.75) is 25.3 Å². The Balaban J connectivity index is 1.41. The van der Waals surface area contributed by atoms with Gasteiger partial charge in [0.05, 0.1) is 0 Å². The minimum atomic E-state index is 0.154. The molecule has 3 heteroatoms. The first-order valence-electron chi connectivity index (χ1n) is 10.0. The van der Waals surface area contributed by atoms with Crippen molar-refractivity contribution >= 4 is 11.6 Å². The molecule has 3 nitrogen and oxygen atoms in total. The van der Waals surface area contributed by atoms with E-state index in [1.54, 1.807) is 0 Å². The summed E-state index contributed by atoms with van der Waals surface area (Å²) in [6.07, 6.45) is 2.81. The molecule has 4 rings (SSSR count). The lowest BCUT2D eigenvalue weighted by Gasteiger charge is -2.19. The van der Waals surface area contributed by atoms with Crippen molar-refractivity contribution in [3.05, 3.63) is 102 Å². The minimum absolute atomic E-state index is 0.154. The monoisotopic (exact) mass is 370 g/mol. The lowest BCUT2D eigenvalue weighted by molar-refractivity contribution is 0.0790. The Morgan fingerprint density at radius 2 is 1.54 bits per heavy atom. The molecule has 1 N–H and O–H groups in total. The summed E-state index contributed by atoms with van der Waals surface area (Å²) in [6.45, 7) is 1.55. The number of carbonyl (C=O) groups is 1. The second-order valence-corrected chi connectivity index (χ2v) is 7.39. The quantitative estimate of drug-likeness (QED) is 0.676. The number of benzene rings is 3. The van der Waals surface area contributed by atoms with E-state index in [0.717, 1.165) is 49.2 Å². The first-order valence-corrected chi connectivity index (χ1v) is 10.0. The van der Waals surface area contributed by atoms with E-state index in [2.05, 4.69) is 47.8 Å². The van der Waals surface area contributed by atoms with Crippen LogP contribution in [0.25, 0.3) is 0 Å². The smallest absolute Gasteiger partial charge is 0.254 e. The number of carbonyl (C=O) groups excluding carboxylic acids is 1. The van der Waals surface area contributed by atoms with E-state index in [1.165, 1.54) is 5.56 Å². The molecule has 0 bridgehead atoms. The summed E-state index contributed by atoms with van der Waals surface area (Å²) < 4.78 is 0. The Kier molecular flexibility index (Phi) is 5.72. The molecule has 3 aromatic carbocycles. The molecule has 0 saturated carbocycles. The van der Waals surface area contributed by atoms with Gasteiger partial charge in [0.25, 0.3) is 5.91 Å². The zero-order valence-electron chi connectivity index (χ0n) is 16.1. The fraction of sp³-hybridized carbons (Fsp3) is 0.240. The van der Waals surface area contributed by atoms with E-state index in [9.17, 15) is 4.79 Å². The molecular formula is C25H26N2O. The van der Waals surface area contributed by atoms with Gasteiger partial charge in [0.15, 0.2) is 0 Å². The van der Waals surface area contributed by atoms with Crippen LogP contribution in [0, 0.1) is 0 Å². The molecule has 0 aromatic heterocycles. The number of nitrogens with zero attached hydrogens (tertiary/aromatic N) is 1. The summed E-state index contributed by atoms with van der Waals surface area (Å²) >= 11 is 0. The van der Waals surface area contributed by atoms with Crippen molar-refractivity contribution in [1.82, 2.24) is 4.90 Å². The molecule has 1 saturated heterocycles. The predicted molar refractivity (Wildman–Crippen MR) is 115 cm³/mol. The molecule has 0 aliphatic carbocycles. The number of anilines is 1. The number of nitrogens with one attached hydrogen (secondary N) is 1. The fourth-order valence-corrected chi connectivity index (χ4v) is 3.87. The van der Waals surface area contributed by atoms with Crippen LogP contribution in [0.5, 0.6) is 0 Å². The SMILES string of the molecule is O=C(c1ccccc1CCc1ccccc1)N1CCC(Nc2ccccc2)C1. The van der Waals surface area contributed by atoms with Gasteiger partial charge in [-0.1, -0.05) is 66.7 Å². The zero-order chi connectivity index (χ0) is 19.2. The maximum absolute atomic E-state index is 13.2. The largest absolute Gasteiger partial charge is 0.380 e. The van der Waals surface area contributed by atoms with Gasteiger partial charge in [-0.15, -0.1) is 0 Å². The lowest BCUT2D eigenvalue weighted by Crippen LogP contribution is -2.32. The van der Waals surface area contributed by atoms with E-state index >= 15 is 0 Å². The summed E-state index contributed by atoms with van der Waals surface area (Å²) in [4.78, 5) is 15.2. The average Bonchev–Trinajstić information content (AvgIpc) is 3.22. The van der Waals surface area contributed by atoms with Gasteiger partial charge in [0.1, 0.15) is 0 Å². The second kappa shape index (κ2) is 8.75. The first kappa shape index (κ1) is 18.3. The van der Waals surface area contributed by atoms with Crippen LogP contribution in [0.1, 0.15) is 27.9 Å².